The number of fused-ring (bicyclic) bond motifs is 1. The molecule has 0 unspecified atom stereocenters. The number of halogens is 1. The van der Waals surface area contributed by atoms with Crippen molar-refractivity contribution < 1.29 is 19.4 Å². The van der Waals surface area contributed by atoms with Crippen molar-refractivity contribution in [3.63, 3.8) is 0 Å². The lowest BCUT2D eigenvalue weighted by Crippen LogP contribution is -2.40. The van der Waals surface area contributed by atoms with Gasteiger partial charge in [-0.05, 0) is 23.8 Å². The van der Waals surface area contributed by atoms with E-state index in [2.05, 4.69) is 5.32 Å². The molecule has 1 amide bonds. The summed E-state index contributed by atoms with van der Waals surface area (Å²) in [6, 6.07) is 5.20. The van der Waals surface area contributed by atoms with Crippen LogP contribution in [0.15, 0.2) is 18.2 Å². The van der Waals surface area contributed by atoms with Gasteiger partial charge in [-0.1, -0.05) is 18.5 Å². The Morgan fingerprint density at radius 2 is 2.32 bits per heavy atom. The Bertz CT molecular complexity index is 517. The number of rotatable bonds is 4. The van der Waals surface area contributed by atoms with Crippen LogP contribution in [0.1, 0.15) is 12.5 Å². The Hall–Kier alpha value is -1.75. The molecule has 1 heterocycles. The average Bonchev–Trinajstić information content (AvgIpc) is 2.78. The molecule has 1 aromatic carbocycles. The van der Waals surface area contributed by atoms with Crippen LogP contribution in [0.3, 0.4) is 0 Å². The maximum atomic E-state index is 11.9. The average molecular weight is 284 g/mol. The second-order valence-corrected chi connectivity index (χ2v) is 4.98. The van der Waals surface area contributed by atoms with Crippen molar-refractivity contribution >= 4 is 23.5 Å². The van der Waals surface area contributed by atoms with Gasteiger partial charge in [0.2, 0.25) is 0 Å². The van der Waals surface area contributed by atoms with E-state index in [9.17, 15) is 9.59 Å². The first-order chi connectivity index (χ1) is 8.97. The van der Waals surface area contributed by atoms with Gasteiger partial charge in [0.05, 0.1) is 5.92 Å². The lowest BCUT2D eigenvalue weighted by molar-refractivity contribution is -0.141. The molecule has 0 fully saturated rings. The van der Waals surface area contributed by atoms with Crippen molar-refractivity contribution in [2.24, 2.45) is 5.92 Å². The number of nitrogens with one attached hydrogen (secondary N) is 1. The highest BCUT2D eigenvalue weighted by atomic mass is 35.5. The summed E-state index contributed by atoms with van der Waals surface area (Å²) in [7, 11) is 0. The summed E-state index contributed by atoms with van der Waals surface area (Å²) in [5.41, 5.74) is 0.888. The fourth-order valence-corrected chi connectivity index (χ4v) is 2.01. The van der Waals surface area contributed by atoms with Gasteiger partial charge < -0.3 is 15.2 Å². The summed E-state index contributed by atoms with van der Waals surface area (Å²) in [5, 5.41) is 11.9. The first kappa shape index (κ1) is 13.7. The summed E-state index contributed by atoms with van der Waals surface area (Å²) in [5.74, 6) is -1.22. The fourth-order valence-electron chi connectivity index (χ4n) is 1.82. The molecule has 0 bridgehead atoms. The first-order valence-electron chi connectivity index (χ1n) is 5.93. The Morgan fingerprint density at radius 1 is 1.58 bits per heavy atom. The molecule has 19 heavy (non-hydrogen) atoms. The van der Waals surface area contributed by atoms with E-state index >= 15 is 0 Å². The minimum absolute atomic E-state index is 0.0884. The van der Waals surface area contributed by atoms with E-state index in [1.165, 1.54) is 6.92 Å². The van der Waals surface area contributed by atoms with Gasteiger partial charge in [0, 0.05) is 18.0 Å². The molecule has 2 rings (SSSR count). The van der Waals surface area contributed by atoms with Crippen molar-refractivity contribution in [3.05, 3.63) is 28.8 Å². The van der Waals surface area contributed by atoms with E-state index < -0.39 is 18.0 Å². The van der Waals surface area contributed by atoms with Crippen LogP contribution in [-0.2, 0) is 16.0 Å². The number of amides is 1. The van der Waals surface area contributed by atoms with Crippen LogP contribution in [0, 0.1) is 5.92 Å². The van der Waals surface area contributed by atoms with Gasteiger partial charge in [0.25, 0.3) is 5.91 Å². The molecule has 2 N–H and O–H groups in total. The number of benzene rings is 1. The van der Waals surface area contributed by atoms with Gasteiger partial charge in [0.1, 0.15) is 5.75 Å². The largest absolute Gasteiger partial charge is 0.481 e. The summed E-state index contributed by atoms with van der Waals surface area (Å²) < 4.78 is 5.50. The van der Waals surface area contributed by atoms with Crippen LogP contribution >= 0.6 is 11.6 Å². The van der Waals surface area contributed by atoms with Gasteiger partial charge in [-0.2, -0.15) is 0 Å². The highest BCUT2D eigenvalue weighted by molar-refractivity contribution is 6.30. The molecule has 0 saturated carbocycles. The van der Waals surface area contributed by atoms with Gasteiger partial charge in [-0.15, -0.1) is 0 Å². The fraction of sp³-hybridized carbons (Fsp3) is 0.385. The van der Waals surface area contributed by atoms with Crippen molar-refractivity contribution in [2.75, 3.05) is 6.54 Å². The molecule has 5 nitrogen and oxygen atoms in total. The van der Waals surface area contributed by atoms with Crippen molar-refractivity contribution in [1.82, 2.24) is 5.32 Å². The number of carboxylic acid groups (broad SMARTS) is 1. The molecular weight excluding hydrogens is 270 g/mol. The standard InChI is InChI=1S/C13H14ClNO4/c1-7(13(17)18)6-15-12(16)11-5-8-4-9(14)2-3-10(8)19-11/h2-4,7,11H,5-6H2,1H3,(H,15,16)(H,17,18)/t7-,11+/m0/s1. The molecule has 0 saturated heterocycles. The number of carboxylic acids is 1. The molecule has 1 aromatic rings. The van der Waals surface area contributed by atoms with Crippen molar-refractivity contribution in [3.8, 4) is 5.75 Å². The van der Waals surface area contributed by atoms with Crippen LogP contribution < -0.4 is 10.1 Å². The number of aliphatic carboxylic acids is 1. The van der Waals surface area contributed by atoms with E-state index in [4.69, 9.17) is 21.4 Å². The van der Waals surface area contributed by atoms with E-state index in [0.717, 1.165) is 5.56 Å². The highest BCUT2D eigenvalue weighted by Crippen LogP contribution is 2.31. The second-order valence-electron chi connectivity index (χ2n) is 4.55. The van der Waals surface area contributed by atoms with Crippen molar-refractivity contribution in [1.29, 1.82) is 0 Å². The van der Waals surface area contributed by atoms with E-state index in [-0.39, 0.29) is 12.5 Å². The molecule has 6 heteroatoms. The third kappa shape index (κ3) is 3.17. The molecule has 0 radical (unpaired) electrons. The Balaban J connectivity index is 1.92. The summed E-state index contributed by atoms with van der Waals surface area (Å²) in [6.45, 7) is 1.62. The van der Waals surface area contributed by atoms with E-state index in [1.54, 1.807) is 18.2 Å². The smallest absolute Gasteiger partial charge is 0.308 e. The maximum absolute atomic E-state index is 11.9. The second kappa shape index (κ2) is 5.48. The highest BCUT2D eigenvalue weighted by Gasteiger charge is 2.29. The Kier molecular flexibility index (Phi) is 3.95. The number of hydrogen-bond donors (Lipinski definition) is 2. The number of carbonyl (C=O) groups excluding carboxylic acids is 1. The zero-order valence-electron chi connectivity index (χ0n) is 10.4. The zero-order chi connectivity index (χ0) is 14.0. The van der Waals surface area contributed by atoms with Crippen molar-refractivity contribution in [2.45, 2.75) is 19.4 Å². The first-order valence-corrected chi connectivity index (χ1v) is 6.30. The predicted molar refractivity (Wildman–Crippen MR) is 69.4 cm³/mol. The third-order valence-corrected chi connectivity index (χ3v) is 3.23. The molecule has 0 aliphatic carbocycles. The number of hydrogen-bond acceptors (Lipinski definition) is 3. The van der Waals surface area contributed by atoms with Crippen LogP contribution in [0.4, 0.5) is 0 Å². The summed E-state index contributed by atoms with van der Waals surface area (Å²) >= 11 is 5.87. The molecule has 1 aliphatic heterocycles. The van der Waals surface area contributed by atoms with Gasteiger partial charge in [-0.3, -0.25) is 9.59 Å². The van der Waals surface area contributed by atoms with E-state index in [0.29, 0.717) is 17.2 Å². The van der Waals surface area contributed by atoms with E-state index in [1.807, 2.05) is 0 Å². The Morgan fingerprint density at radius 3 is 3.00 bits per heavy atom. The van der Waals surface area contributed by atoms with Crippen LogP contribution in [0.5, 0.6) is 5.75 Å². The quantitative estimate of drug-likeness (QED) is 0.878. The Labute approximate surface area is 115 Å². The zero-order valence-corrected chi connectivity index (χ0v) is 11.1. The molecule has 2 atom stereocenters. The molecule has 1 aliphatic rings. The summed E-state index contributed by atoms with van der Waals surface area (Å²) in [4.78, 5) is 22.5. The van der Waals surface area contributed by atoms with Crippen LogP contribution in [-0.4, -0.2) is 29.6 Å². The SMILES string of the molecule is C[C@@H](CNC(=O)[C@H]1Cc2cc(Cl)ccc2O1)C(=O)O. The lowest BCUT2D eigenvalue weighted by Gasteiger charge is -2.12. The van der Waals surface area contributed by atoms with Gasteiger partial charge >= 0.3 is 5.97 Å². The minimum Gasteiger partial charge on any atom is -0.481 e. The van der Waals surface area contributed by atoms with Gasteiger partial charge in [0.15, 0.2) is 6.10 Å². The normalized spacial score (nSPS) is 18.3. The van der Waals surface area contributed by atoms with Crippen LogP contribution in [0.25, 0.3) is 0 Å². The molecule has 102 valence electrons. The number of ether oxygens (including phenoxy) is 1. The topological polar surface area (TPSA) is 75.6 Å². The third-order valence-electron chi connectivity index (χ3n) is 2.99. The molecular formula is C13H14ClNO4. The monoisotopic (exact) mass is 283 g/mol. The maximum Gasteiger partial charge on any atom is 0.308 e. The summed E-state index contributed by atoms with van der Waals surface area (Å²) in [6.07, 6.45) is -0.169. The molecule has 0 aromatic heterocycles. The van der Waals surface area contributed by atoms with Crippen LogP contribution in [0.2, 0.25) is 5.02 Å². The van der Waals surface area contributed by atoms with Gasteiger partial charge in [-0.25, -0.2) is 0 Å². The minimum atomic E-state index is -0.942. The number of carbonyl (C=O) groups is 2. The predicted octanol–water partition coefficient (Wildman–Crippen LogP) is 1.48. The lowest BCUT2D eigenvalue weighted by atomic mass is 10.1. The molecule has 0 spiro atoms.